The molecule has 2 aromatic rings. The van der Waals surface area contributed by atoms with Crippen LogP contribution in [0.3, 0.4) is 0 Å². The van der Waals surface area contributed by atoms with Crippen LogP contribution in [0.1, 0.15) is 17.2 Å². The first-order valence-electron chi connectivity index (χ1n) is 4.57. The molecule has 2 aromatic heterocycles. The zero-order valence-electron chi connectivity index (χ0n) is 8.60. The van der Waals surface area contributed by atoms with Crippen molar-refractivity contribution in [3.8, 4) is 0 Å². The van der Waals surface area contributed by atoms with E-state index >= 15 is 0 Å². The van der Waals surface area contributed by atoms with Crippen molar-refractivity contribution >= 4 is 11.4 Å². The van der Waals surface area contributed by atoms with Gasteiger partial charge in [-0.15, -0.1) is 0 Å². The molecule has 0 bridgehead atoms. The lowest BCUT2D eigenvalue weighted by atomic mass is 10.3. The number of rotatable bonds is 1. The van der Waals surface area contributed by atoms with Gasteiger partial charge in [0.25, 0.3) is 0 Å². The summed E-state index contributed by atoms with van der Waals surface area (Å²) in [5.74, 6) is 0.857. The molecular weight excluding hydrogens is 192 g/mol. The Balaban J connectivity index is 2.85. The van der Waals surface area contributed by atoms with Gasteiger partial charge in [0, 0.05) is 5.69 Å². The Kier molecular flexibility index (Phi) is 2.07. The Morgan fingerprint density at radius 3 is 2.87 bits per heavy atom. The molecule has 0 saturated carbocycles. The molecule has 2 rings (SSSR count). The standard InChI is InChI=1S/C10H12N4O/c1-6-4-3-5-8-9(10(11)13-15)12-7(2)14(6)8/h3-5,15H,1-2H3,(H2,11,13). The molecule has 3 N–H and O–H groups in total. The molecule has 0 aliphatic rings. The second-order valence-electron chi connectivity index (χ2n) is 3.38. The monoisotopic (exact) mass is 204 g/mol. The quantitative estimate of drug-likeness (QED) is 0.315. The van der Waals surface area contributed by atoms with Crippen molar-refractivity contribution in [2.75, 3.05) is 0 Å². The molecule has 5 nitrogen and oxygen atoms in total. The molecular formula is C10H12N4O. The van der Waals surface area contributed by atoms with Crippen LogP contribution in [0.5, 0.6) is 0 Å². The van der Waals surface area contributed by atoms with Crippen LogP contribution in [0.15, 0.2) is 23.4 Å². The number of nitrogens with two attached hydrogens (primary N) is 1. The highest BCUT2D eigenvalue weighted by Crippen LogP contribution is 2.14. The van der Waals surface area contributed by atoms with Crippen molar-refractivity contribution in [2.24, 2.45) is 10.9 Å². The van der Waals surface area contributed by atoms with Gasteiger partial charge in [-0.25, -0.2) is 4.98 Å². The number of nitrogens with zero attached hydrogens (tertiary/aromatic N) is 3. The second-order valence-corrected chi connectivity index (χ2v) is 3.38. The summed E-state index contributed by atoms with van der Waals surface area (Å²) in [6.07, 6.45) is 0. The van der Waals surface area contributed by atoms with Crippen LogP contribution in [0.4, 0.5) is 0 Å². The van der Waals surface area contributed by atoms with E-state index in [4.69, 9.17) is 10.9 Å². The molecule has 0 radical (unpaired) electrons. The Bertz CT molecular complexity index is 542. The van der Waals surface area contributed by atoms with E-state index in [-0.39, 0.29) is 5.84 Å². The average molecular weight is 204 g/mol. The van der Waals surface area contributed by atoms with Gasteiger partial charge in [0.05, 0.1) is 5.52 Å². The number of aryl methyl sites for hydroxylation is 2. The summed E-state index contributed by atoms with van der Waals surface area (Å²) in [5.41, 5.74) is 7.97. The van der Waals surface area contributed by atoms with E-state index in [9.17, 15) is 0 Å². The summed E-state index contributed by atoms with van der Waals surface area (Å²) >= 11 is 0. The molecule has 0 saturated heterocycles. The fourth-order valence-electron chi connectivity index (χ4n) is 1.74. The molecule has 0 amide bonds. The van der Waals surface area contributed by atoms with Crippen molar-refractivity contribution in [3.63, 3.8) is 0 Å². The second kappa shape index (κ2) is 3.27. The fraction of sp³-hybridized carbons (Fsp3) is 0.200. The predicted octanol–water partition coefficient (Wildman–Crippen LogP) is 1.05. The molecule has 15 heavy (non-hydrogen) atoms. The number of imidazole rings is 1. The Morgan fingerprint density at radius 2 is 2.20 bits per heavy atom. The largest absolute Gasteiger partial charge is 0.409 e. The Labute approximate surface area is 86.8 Å². The van der Waals surface area contributed by atoms with E-state index in [1.807, 2.05) is 36.4 Å². The van der Waals surface area contributed by atoms with Crippen LogP contribution in [-0.2, 0) is 0 Å². The van der Waals surface area contributed by atoms with Crippen molar-refractivity contribution in [1.29, 1.82) is 0 Å². The minimum atomic E-state index is 0.0335. The highest BCUT2D eigenvalue weighted by molar-refractivity contribution is 6.01. The number of oxime groups is 1. The molecule has 5 heteroatoms. The number of aromatic nitrogens is 2. The lowest BCUT2D eigenvalue weighted by molar-refractivity contribution is 0.318. The number of hydrogen-bond acceptors (Lipinski definition) is 3. The van der Waals surface area contributed by atoms with Crippen molar-refractivity contribution in [2.45, 2.75) is 13.8 Å². The number of pyridine rings is 1. The number of hydrogen-bond donors (Lipinski definition) is 2. The maximum atomic E-state index is 8.64. The summed E-state index contributed by atoms with van der Waals surface area (Å²) in [7, 11) is 0. The van der Waals surface area contributed by atoms with Gasteiger partial charge in [-0.3, -0.25) is 0 Å². The van der Waals surface area contributed by atoms with E-state index in [1.54, 1.807) is 0 Å². The van der Waals surface area contributed by atoms with Gasteiger partial charge in [-0.05, 0) is 26.0 Å². The normalized spacial score (nSPS) is 12.3. The van der Waals surface area contributed by atoms with Crippen molar-refractivity contribution < 1.29 is 5.21 Å². The first kappa shape index (κ1) is 9.51. The summed E-state index contributed by atoms with van der Waals surface area (Å²) in [6, 6.07) is 5.79. The van der Waals surface area contributed by atoms with E-state index in [0.29, 0.717) is 5.69 Å². The molecule has 0 unspecified atom stereocenters. The zero-order chi connectivity index (χ0) is 11.0. The summed E-state index contributed by atoms with van der Waals surface area (Å²) in [6.45, 7) is 3.87. The molecule has 2 heterocycles. The average Bonchev–Trinajstić information content (AvgIpc) is 2.56. The SMILES string of the molecule is Cc1cccc2c(/C(N)=N\O)nc(C)n12. The third-order valence-electron chi connectivity index (χ3n) is 2.38. The lowest BCUT2D eigenvalue weighted by Crippen LogP contribution is -2.14. The predicted molar refractivity (Wildman–Crippen MR) is 57.2 cm³/mol. The molecule has 0 spiro atoms. The maximum Gasteiger partial charge on any atom is 0.191 e. The van der Waals surface area contributed by atoms with Crippen LogP contribution >= 0.6 is 0 Å². The smallest absolute Gasteiger partial charge is 0.191 e. The molecule has 0 fully saturated rings. The minimum absolute atomic E-state index is 0.0335. The van der Waals surface area contributed by atoms with Crippen LogP contribution in [-0.4, -0.2) is 20.4 Å². The Morgan fingerprint density at radius 1 is 1.47 bits per heavy atom. The third kappa shape index (κ3) is 1.32. The molecule has 0 aromatic carbocycles. The molecule has 0 atom stereocenters. The van der Waals surface area contributed by atoms with Crippen LogP contribution in [0.25, 0.3) is 5.52 Å². The summed E-state index contributed by atoms with van der Waals surface area (Å²) < 4.78 is 1.97. The van der Waals surface area contributed by atoms with E-state index in [1.165, 1.54) is 0 Å². The minimum Gasteiger partial charge on any atom is -0.409 e. The van der Waals surface area contributed by atoms with Crippen LogP contribution in [0.2, 0.25) is 0 Å². The zero-order valence-corrected chi connectivity index (χ0v) is 8.60. The summed E-state index contributed by atoms with van der Waals surface area (Å²) in [4.78, 5) is 4.27. The van der Waals surface area contributed by atoms with Gasteiger partial charge in [-0.2, -0.15) is 0 Å². The van der Waals surface area contributed by atoms with Crippen LogP contribution < -0.4 is 5.73 Å². The number of amidine groups is 1. The highest BCUT2D eigenvalue weighted by Gasteiger charge is 2.12. The van der Waals surface area contributed by atoms with Gasteiger partial charge >= 0.3 is 0 Å². The first-order chi connectivity index (χ1) is 7.15. The van der Waals surface area contributed by atoms with Gasteiger partial charge in [-0.1, -0.05) is 11.2 Å². The highest BCUT2D eigenvalue weighted by atomic mass is 16.4. The summed E-state index contributed by atoms with van der Waals surface area (Å²) in [5, 5.41) is 11.6. The maximum absolute atomic E-state index is 8.64. The fourth-order valence-corrected chi connectivity index (χ4v) is 1.74. The topological polar surface area (TPSA) is 75.9 Å². The van der Waals surface area contributed by atoms with Gasteiger partial charge in [0.1, 0.15) is 11.5 Å². The van der Waals surface area contributed by atoms with E-state index in [0.717, 1.165) is 17.0 Å². The van der Waals surface area contributed by atoms with E-state index in [2.05, 4.69) is 10.1 Å². The number of fused-ring (bicyclic) bond motifs is 1. The van der Waals surface area contributed by atoms with Gasteiger partial charge < -0.3 is 15.3 Å². The molecule has 0 aliphatic heterocycles. The third-order valence-corrected chi connectivity index (χ3v) is 2.38. The van der Waals surface area contributed by atoms with Gasteiger partial charge in [0.15, 0.2) is 5.84 Å². The van der Waals surface area contributed by atoms with Crippen molar-refractivity contribution in [1.82, 2.24) is 9.38 Å². The molecule has 78 valence electrons. The van der Waals surface area contributed by atoms with Gasteiger partial charge in [0.2, 0.25) is 0 Å². The Hall–Kier alpha value is -2.04. The van der Waals surface area contributed by atoms with Crippen LogP contribution in [0, 0.1) is 13.8 Å². The van der Waals surface area contributed by atoms with E-state index < -0.39 is 0 Å². The van der Waals surface area contributed by atoms with Crippen molar-refractivity contribution in [3.05, 3.63) is 35.4 Å². The lowest BCUT2D eigenvalue weighted by Gasteiger charge is -2.01. The first-order valence-corrected chi connectivity index (χ1v) is 4.57. The molecule has 0 aliphatic carbocycles.